The molecule has 1 saturated carbocycles. The van der Waals surface area contributed by atoms with Crippen molar-refractivity contribution in [3.63, 3.8) is 0 Å². The highest BCUT2D eigenvalue weighted by Crippen LogP contribution is 2.52. The Hall–Kier alpha value is -2.37. The highest BCUT2D eigenvalue weighted by Gasteiger charge is 2.60. The predicted octanol–water partition coefficient (Wildman–Crippen LogP) is 3.70. The van der Waals surface area contributed by atoms with Crippen molar-refractivity contribution < 1.29 is 29.0 Å². The van der Waals surface area contributed by atoms with Gasteiger partial charge in [-0.15, -0.1) is 23.1 Å². The summed E-state index contributed by atoms with van der Waals surface area (Å²) >= 11 is 3.03. The van der Waals surface area contributed by atoms with Gasteiger partial charge in [-0.2, -0.15) is 0 Å². The van der Waals surface area contributed by atoms with Gasteiger partial charge in [-0.25, -0.2) is 9.78 Å². The standard InChI is InChI=1S/C25H31N3O6S2/c1-12-17(16-10-27-11-26-21(35-4)23(27)36-16)20(28-19(12)18(13(2)29)22(28)30)25(32)34-14(3)33-24(31)15-8-6-5-7-9-15/h10-15,18-19,29H,5-9H2,1-4H3/t12-,13+,14?,18+,19+/m0/s1. The molecule has 1 unspecified atom stereocenters. The molecular weight excluding hydrogens is 502 g/mol. The summed E-state index contributed by atoms with van der Waals surface area (Å²) in [7, 11) is 0. The van der Waals surface area contributed by atoms with Gasteiger partial charge in [0.1, 0.15) is 21.9 Å². The minimum absolute atomic E-state index is 0.164. The van der Waals surface area contributed by atoms with Gasteiger partial charge in [0.15, 0.2) is 0 Å². The number of hydrogen-bond donors (Lipinski definition) is 1. The molecule has 2 fully saturated rings. The lowest BCUT2D eigenvalue weighted by Gasteiger charge is -2.46. The summed E-state index contributed by atoms with van der Waals surface area (Å²) in [5.74, 6) is -2.30. The second-order valence-corrected chi connectivity index (χ2v) is 11.6. The van der Waals surface area contributed by atoms with Gasteiger partial charge in [-0.1, -0.05) is 26.2 Å². The number of ether oxygens (including phenoxy) is 2. The Morgan fingerprint density at radius 2 is 1.94 bits per heavy atom. The number of rotatable bonds is 7. The SMILES string of the molecule is CSc1ncn2cc(C3=C(C(=O)OC(C)OC(=O)C4CCCCC4)N4C(=O)[C@H]([C@@H](C)O)[C@H]4[C@H]3C)sc12. The first-order valence-electron chi connectivity index (χ1n) is 12.4. The molecule has 36 heavy (non-hydrogen) atoms. The number of fused-ring (bicyclic) bond motifs is 2. The Morgan fingerprint density at radius 3 is 2.61 bits per heavy atom. The molecule has 5 rings (SSSR count). The number of aliphatic hydroxyl groups is 1. The van der Waals surface area contributed by atoms with Gasteiger partial charge in [-0.05, 0) is 26.0 Å². The molecule has 2 aromatic heterocycles. The van der Waals surface area contributed by atoms with E-state index >= 15 is 0 Å². The largest absolute Gasteiger partial charge is 0.425 e. The van der Waals surface area contributed by atoms with E-state index in [-0.39, 0.29) is 35.5 Å². The Balaban J connectivity index is 1.44. The molecule has 1 N–H and O–H groups in total. The fourth-order valence-corrected chi connectivity index (χ4v) is 7.67. The molecule has 5 atom stereocenters. The molecule has 2 aliphatic heterocycles. The Labute approximate surface area is 217 Å². The van der Waals surface area contributed by atoms with Crippen LogP contribution in [-0.4, -0.2) is 61.9 Å². The number of β-lactam (4-membered cyclic amide) rings is 1. The highest BCUT2D eigenvalue weighted by atomic mass is 32.2. The van der Waals surface area contributed by atoms with Crippen LogP contribution in [0.5, 0.6) is 0 Å². The van der Waals surface area contributed by atoms with E-state index in [1.807, 2.05) is 23.8 Å². The second kappa shape index (κ2) is 9.83. The van der Waals surface area contributed by atoms with Crippen LogP contribution < -0.4 is 0 Å². The maximum Gasteiger partial charge on any atom is 0.358 e. The van der Waals surface area contributed by atoms with E-state index < -0.39 is 24.3 Å². The number of esters is 2. The number of aliphatic hydroxyl groups excluding tert-OH is 1. The topological polar surface area (TPSA) is 110 Å². The van der Waals surface area contributed by atoms with Crippen molar-refractivity contribution in [3.8, 4) is 0 Å². The summed E-state index contributed by atoms with van der Waals surface area (Å²) in [6, 6.07) is -0.338. The van der Waals surface area contributed by atoms with E-state index in [9.17, 15) is 19.5 Å². The van der Waals surface area contributed by atoms with Crippen molar-refractivity contribution in [1.82, 2.24) is 14.3 Å². The van der Waals surface area contributed by atoms with Crippen LogP contribution in [0.3, 0.4) is 0 Å². The summed E-state index contributed by atoms with van der Waals surface area (Å²) in [5, 5.41) is 11.1. The summed E-state index contributed by atoms with van der Waals surface area (Å²) < 4.78 is 12.9. The number of nitrogens with zero attached hydrogens (tertiary/aromatic N) is 3. The fraction of sp³-hybridized carbons (Fsp3) is 0.600. The second-order valence-electron chi connectivity index (χ2n) is 9.82. The van der Waals surface area contributed by atoms with Crippen LogP contribution in [0.1, 0.15) is 57.8 Å². The van der Waals surface area contributed by atoms with E-state index in [1.54, 1.807) is 13.3 Å². The zero-order valence-corrected chi connectivity index (χ0v) is 22.4. The third-order valence-corrected chi connectivity index (χ3v) is 9.46. The Kier molecular flexibility index (Phi) is 6.90. The molecule has 11 heteroatoms. The molecule has 0 aromatic carbocycles. The molecular formula is C25H31N3O6S2. The molecule has 2 aromatic rings. The minimum atomic E-state index is -1.08. The van der Waals surface area contributed by atoms with Crippen molar-refractivity contribution in [3.05, 3.63) is 23.1 Å². The smallest absolute Gasteiger partial charge is 0.358 e. The summed E-state index contributed by atoms with van der Waals surface area (Å²) in [6.45, 7) is 5.09. The van der Waals surface area contributed by atoms with Gasteiger partial charge in [-0.3, -0.25) is 14.0 Å². The number of hydrogen-bond acceptors (Lipinski definition) is 9. The summed E-state index contributed by atoms with van der Waals surface area (Å²) in [5.41, 5.74) is 0.867. The van der Waals surface area contributed by atoms with Crippen molar-refractivity contribution in [2.24, 2.45) is 17.8 Å². The monoisotopic (exact) mass is 533 g/mol. The number of carbonyl (C=O) groups is 3. The van der Waals surface area contributed by atoms with Gasteiger partial charge in [0, 0.05) is 24.6 Å². The average molecular weight is 534 g/mol. The molecule has 1 saturated heterocycles. The van der Waals surface area contributed by atoms with Gasteiger partial charge >= 0.3 is 11.9 Å². The van der Waals surface area contributed by atoms with Gasteiger partial charge < -0.3 is 19.5 Å². The van der Waals surface area contributed by atoms with Crippen molar-refractivity contribution >= 4 is 51.3 Å². The lowest BCUT2D eigenvalue weighted by molar-refractivity contribution is -0.188. The molecule has 0 spiro atoms. The quantitative estimate of drug-likeness (QED) is 0.248. The van der Waals surface area contributed by atoms with Crippen LogP contribution in [0.15, 0.2) is 23.2 Å². The Morgan fingerprint density at radius 1 is 1.22 bits per heavy atom. The van der Waals surface area contributed by atoms with Crippen LogP contribution in [-0.2, 0) is 23.9 Å². The van der Waals surface area contributed by atoms with E-state index in [2.05, 4.69) is 4.98 Å². The van der Waals surface area contributed by atoms with Gasteiger partial charge in [0.2, 0.25) is 12.2 Å². The summed E-state index contributed by atoms with van der Waals surface area (Å²) in [4.78, 5) is 46.7. The average Bonchev–Trinajstić information content (AvgIpc) is 3.48. The predicted molar refractivity (Wildman–Crippen MR) is 135 cm³/mol. The first-order chi connectivity index (χ1) is 17.2. The van der Waals surface area contributed by atoms with E-state index in [0.29, 0.717) is 5.57 Å². The maximum absolute atomic E-state index is 13.5. The number of thiazole rings is 1. The van der Waals surface area contributed by atoms with E-state index in [4.69, 9.17) is 9.47 Å². The zero-order chi connectivity index (χ0) is 25.7. The van der Waals surface area contributed by atoms with Crippen molar-refractivity contribution in [2.45, 2.75) is 76.3 Å². The van der Waals surface area contributed by atoms with Crippen LogP contribution >= 0.6 is 23.1 Å². The lowest BCUT2D eigenvalue weighted by atomic mass is 9.77. The van der Waals surface area contributed by atoms with Gasteiger partial charge in [0.25, 0.3) is 0 Å². The third-order valence-electron chi connectivity index (χ3n) is 7.50. The van der Waals surface area contributed by atoms with E-state index in [0.717, 1.165) is 46.8 Å². The number of thioether (sulfide) groups is 1. The number of amides is 1. The number of imidazole rings is 1. The lowest BCUT2D eigenvalue weighted by Crippen LogP contribution is -2.63. The molecule has 1 aliphatic carbocycles. The highest BCUT2D eigenvalue weighted by molar-refractivity contribution is 7.98. The molecule has 1 amide bonds. The Bertz CT molecular complexity index is 1230. The van der Waals surface area contributed by atoms with Crippen LogP contribution in [0.2, 0.25) is 0 Å². The van der Waals surface area contributed by atoms with Gasteiger partial charge in [0.05, 0.1) is 28.9 Å². The van der Waals surface area contributed by atoms with Crippen LogP contribution in [0.25, 0.3) is 10.4 Å². The molecule has 0 bridgehead atoms. The van der Waals surface area contributed by atoms with Crippen molar-refractivity contribution in [2.75, 3.05) is 6.26 Å². The molecule has 194 valence electrons. The van der Waals surface area contributed by atoms with Crippen molar-refractivity contribution in [1.29, 1.82) is 0 Å². The number of carbonyl (C=O) groups excluding carboxylic acids is 3. The minimum Gasteiger partial charge on any atom is -0.425 e. The number of aromatic nitrogens is 2. The van der Waals surface area contributed by atoms with E-state index in [1.165, 1.54) is 34.9 Å². The first kappa shape index (κ1) is 25.3. The zero-order valence-electron chi connectivity index (χ0n) is 20.8. The molecule has 0 radical (unpaired) electrons. The molecule has 9 nitrogen and oxygen atoms in total. The van der Waals surface area contributed by atoms with Crippen LogP contribution in [0.4, 0.5) is 0 Å². The third kappa shape index (κ3) is 4.14. The molecule has 3 aliphatic rings. The van der Waals surface area contributed by atoms with Crippen LogP contribution in [0, 0.1) is 17.8 Å². The fourth-order valence-electron chi connectivity index (χ4n) is 5.75. The maximum atomic E-state index is 13.5. The molecule has 4 heterocycles. The normalized spacial score (nSPS) is 26.1. The summed E-state index contributed by atoms with van der Waals surface area (Å²) in [6.07, 6.45) is 8.36. The first-order valence-corrected chi connectivity index (χ1v) is 14.4.